The minimum atomic E-state index is -1.03. The minimum absolute atomic E-state index is 0.0398. The molecule has 0 heterocycles. The van der Waals surface area contributed by atoms with E-state index in [0.29, 0.717) is 30.0 Å². The zero-order valence-corrected chi connectivity index (χ0v) is 10.9. The maximum Gasteiger partial charge on any atom is 0.341 e. The van der Waals surface area contributed by atoms with Gasteiger partial charge in [0.1, 0.15) is 5.75 Å². The molecule has 4 nitrogen and oxygen atoms in total. The summed E-state index contributed by atoms with van der Waals surface area (Å²) < 4.78 is 5.03. The molecule has 0 aliphatic carbocycles. The quantitative estimate of drug-likeness (QED) is 0.611. The van der Waals surface area contributed by atoms with Gasteiger partial charge in [0.05, 0.1) is 0 Å². The average molecular weight is 271 g/mol. The lowest BCUT2D eigenvalue weighted by Crippen LogP contribution is -2.10. The predicted octanol–water partition coefficient (Wildman–Crippen LogP) is 2.66. The summed E-state index contributed by atoms with van der Waals surface area (Å²) in [6.45, 7) is 1.40. The highest BCUT2D eigenvalue weighted by Gasteiger charge is 2.10. The van der Waals surface area contributed by atoms with Crippen LogP contribution in [0.5, 0.6) is 5.75 Å². The number of carbonyl (C=O) groups excluding carboxylic acids is 1. The second-order valence-electron chi connectivity index (χ2n) is 3.87. The first-order chi connectivity index (χ1) is 8.54. The van der Waals surface area contributed by atoms with E-state index in [9.17, 15) is 9.59 Å². The molecule has 0 amide bonds. The van der Waals surface area contributed by atoms with Crippen molar-refractivity contribution < 1.29 is 19.4 Å². The van der Waals surface area contributed by atoms with Gasteiger partial charge in [-0.15, -0.1) is 11.6 Å². The Balaban J connectivity index is 2.72. The van der Waals surface area contributed by atoms with E-state index in [2.05, 4.69) is 0 Å². The molecule has 5 heteroatoms. The molecular weight excluding hydrogens is 256 g/mol. The van der Waals surface area contributed by atoms with Crippen molar-refractivity contribution in [2.75, 3.05) is 12.5 Å². The van der Waals surface area contributed by atoms with E-state index in [0.717, 1.165) is 5.56 Å². The van der Waals surface area contributed by atoms with Gasteiger partial charge in [0.25, 0.3) is 0 Å². The Hall–Kier alpha value is -1.55. The first-order valence-corrected chi connectivity index (χ1v) is 6.12. The van der Waals surface area contributed by atoms with Crippen molar-refractivity contribution in [3.63, 3.8) is 0 Å². The molecule has 0 radical (unpaired) electrons. The van der Waals surface area contributed by atoms with Crippen LogP contribution in [0.15, 0.2) is 18.2 Å². The molecule has 1 rings (SSSR count). The Morgan fingerprint density at radius 1 is 1.39 bits per heavy atom. The van der Waals surface area contributed by atoms with Gasteiger partial charge in [-0.2, -0.15) is 0 Å². The standard InChI is InChI=1S/C13H15ClO4/c1-9-7-10(18-8-13(16)17)4-5-11(9)12(15)3-2-6-14/h4-5,7H,2-3,6,8H2,1H3,(H,16,17). The number of benzene rings is 1. The number of carboxylic acid groups (broad SMARTS) is 1. The van der Waals surface area contributed by atoms with Crippen LogP contribution in [0, 0.1) is 6.92 Å². The summed E-state index contributed by atoms with van der Waals surface area (Å²) >= 11 is 5.54. The summed E-state index contributed by atoms with van der Waals surface area (Å²) in [5.74, 6) is -0.0819. The van der Waals surface area contributed by atoms with Crippen LogP contribution in [0.1, 0.15) is 28.8 Å². The number of alkyl halides is 1. The van der Waals surface area contributed by atoms with Crippen LogP contribution in [0.2, 0.25) is 0 Å². The Labute approximate surface area is 111 Å². The number of carboxylic acids is 1. The maximum absolute atomic E-state index is 11.8. The van der Waals surface area contributed by atoms with E-state index in [4.69, 9.17) is 21.4 Å². The third kappa shape index (κ3) is 4.37. The van der Waals surface area contributed by atoms with Gasteiger partial charge >= 0.3 is 5.97 Å². The molecule has 0 saturated heterocycles. The molecule has 0 bridgehead atoms. The molecule has 0 aromatic heterocycles. The molecular formula is C13H15ClO4. The van der Waals surface area contributed by atoms with Gasteiger partial charge in [-0.05, 0) is 37.1 Å². The van der Waals surface area contributed by atoms with Gasteiger partial charge in [0.15, 0.2) is 12.4 Å². The normalized spacial score (nSPS) is 10.1. The molecule has 18 heavy (non-hydrogen) atoms. The van der Waals surface area contributed by atoms with E-state index in [-0.39, 0.29) is 12.4 Å². The highest BCUT2D eigenvalue weighted by atomic mass is 35.5. The van der Waals surface area contributed by atoms with E-state index < -0.39 is 5.97 Å². The number of Topliss-reactive ketones (excluding diaryl/α,β-unsaturated/α-hetero) is 1. The number of hydrogen-bond donors (Lipinski definition) is 1. The van der Waals surface area contributed by atoms with E-state index >= 15 is 0 Å². The second-order valence-corrected chi connectivity index (χ2v) is 4.25. The van der Waals surface area contributed by atoms with Crippen LogP contribution in [-0.2, 0) is 4.79 Å². The summed E-state index contributed by atoms with van der Waals surface area (Å²) in [5, 5.41) is 8.49. The highest BCUT2D eigenvalue weighted by Crippen LogP contribution is 2.19. The number of aliphatic carboxylic acids is 1. The van der Waals surface area contributed by atoms with Gasteiger partial charge < -0.3 is 9.84 Å². The molecule has 0 unspecified atom stereocenters. The van der Waals surface area contributed by atoms with E-state index in [1.165, 1.54) is 0 Å². The Morgan fingerprint density at radius 2 is 2.11 bits per heavy atom. The SMILES string of the molecule is Cc1cc(OCC(=O)O)ccc1C(=O)CCCCl. The van der Waals surface area contributed by atoms with Crippen molar-refractivity contribution in [2.24, 2.45) is 0 Å². The van der Waals surface area contributed by atoms with Crippen LogP contribution >= 0.6 is 11.6 Å². The molecule has 1 aromatic carbocycles. The summed E-state index contributed by atoms with van der Waals surface area (Å²) in [5.41, 5.74) is 1.40. The molecule has 0 saturated carbocycles. The van der Waals surface area contributed by atoms with Gasteiger partial charge in [-0.3, -0.25) is 4.79 Å². The number of carbonyl (C=O) groups is 2. The molecule has 98 valence electrons. The van der Waals surface area contributed by atoms with Gasteiger partial charge in [0, 0.05) is 17.9 Å². The lowest BCUT2D eigenvalue weighted by Gasteiger charge is -2.08. The zero-order valence-electron chi connectivity index (χ0n) is 10.1. The maximum atomic E-state index is 11.8. The second kappa shape index (κ2) is 7.01. The smallest absolute Gasteiger partial charge is 0.341 e. The van der Waals surface area contributed by atoms with Crippen molar-refractivity contribution in [2.45, 2.75) is 19.8 Å². The van der Waals surface area contributed by atoms with Crippen molar-refractivity contribution in [3.05, 3.63) is 29.3 Å². The van der Waals surface area contributed by atoms with E-state index in [1.807, 2.05) is 0 Å². The number of hydrogen-bond acceptors (Lipinski definition) is 3. The Morgan fingerprint density at radius 3 is 2.67 bits per heavy atom. The van der Waals surface area contributed by atoms with Gasteiger partial charge in [0.2, 0.25) is 0 Å². The third-order valence-electron chi connectivity index (χ3n) is 2.40. The molecule has 0 atom stereocenters. The van der Waals surface area contributed by atoms with Crippen LogP contribution < -0.4 is 4.74 Å². The predicted molar refractivity (Wildman–Crippen MR) is 68.6 cm³/mol. The van der Waals surface area contributed by atoms with E-state index in [1.54, 1.807) is 25.1 Å². The lowest BCUT2D eigenvalue weighted by atomic mass is 10.0. The van der Waals surface area contributed by atoms with Crippen LogP contribution in [0.4, 0.5) is 0 Å². The molecule has 0 fully saturated rings. The lowest BCUT2D eigenvalue weighted by molar-refractivity contribution is -0.139. The molecule has 0 spiro atoms. The average Bonchev–Trinajstić information content (AvgIpc) is 2.33. The number of aryl methyl sites for hydroxylation is 1. The molecule has 1 aromatic rings. The molecule has 1 N–H and O–H groups in total. The van der Waals surface area contributed by atoms with Crippen LogP contribution in [-0.4, -0.2) is 29.3 Å². The highest BCUT2D eigenvalue weighted by molar-refractivity contribution is 6.18. The van der Waals surface area contributed by atoms with Crippen LogP contribution in [0.3, 0.4) is 0 Å². The van der Waals surface area contributed by atoms with Crippen molar-refractivity contribution in [1.29, 1.82) is 0 Å². The van der Waals surface area contributed by atoms with Crippen molar-refractivity contribution >= 4 is 23.4 Å². The fourth-order valence-corrected chi connectivity index (χ4v) is 1.68. The topological polar surface area (TPSA) is 63.6 Å². The summed E-state index contributed by atoms with van der Waals surface area (Å²) in [4.78, 5) is 22.2. The van der Waals surface area contributed by atoms with Crippen molar-refractivity contribution in [3.8, 4) is 5.75 Å². The first kappa shape index (κ1) is 14.5. The third-order valence-corrected chi connectivity index (χ3v) is 2.67. The number of ketones is 1. The molecule has 0 aliphatic rings. The summed E-state index contributed by atoms with van der Waals surface area (Å²) in [6.07, 6.45) is 1.07. The summed E-state index contributed by atoms with van der Waals surface area (Å²) in [7, 11) is 0. The number of ether oxygens (including phenoxy) is 1. The number of rotatable bonds is 7. The minimum Gasteiger partial charge on any atom is -0.482 e. The van der Waals surface area contributed by atoms with Gasteiger partial charge in [-0.25, -0.2) is 4.79 Å². The van der Waals surface area contributed by atoms with Gasteiger partial charge in [-0.1, -0.05) is 0 Å². The fourth-order valence-electron chi connectivity index (χ4n) is 1.55. The Bertz CT molecular complexity index is 443. The number of halogens is 1. The van der Waals surface area contributed by atoms with Crippen LogP contribution in [0.25, 0.3) is 0 Å². The zero-order chi connectivity index (χ0) is 13.5. The molecule has 0 aliphatic heterocycles. The fraction of sp³-hybridized carbons (Fsp3) is 0.385. The van der Waals surface area contributed by atoms with Crippen molar-refractivity contribution in [1.82, 2.24) is 0 Å². The Kier molecular flexibility index (Phi) is 5.65. The monoisotopic (exact) mass is 270 g/mol. The largest absolute Gasteiger partial charge is 0.482 e. The summed E-state index contributed by atoms with van der Waals surface area (Å²) in [6, 6.07) is 4.92. The first-order valence-electron chi connectivity index (χ1n) is 5.59.